The van der Waals surface area contributed by atoms with Crippen molar-refractivity contribution >= 4 is 50.8 Å². The van der Waals surface area contributed by atoms with E-state index in [1.807, 2.05) is 135 Å². The van der Waals surface area contributed by atoms with E-state index < -0.39 is 21.5 Å². The summed E-state index contributed by atoms with van der Waals surface area (Å²) in [6, 6.07) is 34.8. The van der Waals surface area contributed by atoms with Gasteiger partial charge < -0.3 is 20.7 Å². The second kappa shape index (κ2) is 19.7. The standard InChI is InChI=1S/C29H31N5O3S.C23H20N4O3S/c1-29(2,3)37-28(36)30-15-16-38-27-25-31-17-24(34(25)18-23(33-27)19-7-5-4-6-8-19)20-9-11-21(12-10-20)26(35)32-22-13-14-22;1-31(29,30)23-21-24-13-20(27(21)14-19(26-23)15-5-3-2-4-6-15)16-7-9-17(10-8-16)22(28)25-18-11-12-18/h4-12,17-18,22H,13-16H2,1-3H3,(H,30,36)(H,32,35);2-10,13-14,18H,11-12H2,1H3,(H,25,28). The van der Waals surface area contributed by atoms with Crippen LogP contribution >= 0.6 is 11.8 Å². The maximum absolute atomic E-state index is 12.4. The van der Waals surface area contributed by atoms with Crippen LogP contribution in [0.5, 0.6) is 0 Å². The molecule has 8 aromatic rings. The molecule has 3 N–H and O–H groups in total. The summed E-state index contributed by atoms with van der Waals surface area (Å²) in [6.45, 7) is 5.94. The number of ether oxygens (including phenoxy) is 1. The minimum Gasteiger partial charge on any atom is -0.444 e. The van der Waals surface area contributed by atoms with Gasteiger partial charge in [-0.15, -0.1) is 11.8 Å². The Bertz CT molecular complexity index is 3270. The third-order valence-electron chi connectivity index (χ3n) is 11.1. The normalized spacial score (nSPS) is 13.6. The van der Waals surface area contributed by atoms with Crippen LogP contribution in [0.4, 0.5) is 4.79 Å². The summed E-state index contributed by atoms with van der Waals surface area (Å²) >= 11 is 1.53. The Labute approximate surface area is 404 Å². The maximum Gasteiger partial charge on any atom is 0.407 e. The SMILES string of the molecule is CC(C)(C)OC(=O)NCCSc1nc(-c2ccccc2)cn2c(-c3ccc(C(=O)NC4CC4)cc3)cnc12.CS(=O)(=O)c1nc(-c2ccccc2)cn2c(-c3ccc(C(=O)NC4CC4)cc3)cnc12. The molecule has 3 amide bonds. The fourth-order valence-electron chi connectivity index (χ4n) is 7.38. The van der Waals surface area contributed by atoms with Gasteiger partial charge in [0, 0.05) is 76.4 Å². The van der Waals surface area contributed by atoms with Crippen molar-refractivity contribution in [2.24, 2.45) is 0 Å². The van der Waals surface area contributed by atoms with E-state index in [-0.39, 0.29) is 22.5 Å². The molecule has 0 bridgehead atoms. The lowest BCUT2D eigenvalue weighted by atomic mass is 10.1. The number of amides is 3. The first-order valence-electron chi connectivity index (χ1n) is 22.7. The third kappa shape index (κ3) is 11.5. The number of rotatable bonds is 13. The molecule has 4 heterocycles. The van der Waals surface area contributed by atoms with Gasteiger partial charge in [-0.25, -0.2) is 33.1 Å². The Morgan fingerprint density at radius 1 is 0.652 bits per heavy atom. The molecule has 17 heteroatoms. The van der Waals surface area contributed by atoms with Gasteiger partial charge in [-0.2, -0.15) is 0 Å². The van der Waals surface area contributed by atoms with E-state index in [0.717, 1.165) is 76.3 Å². The molecule has 0 atom stereocenters. The first-order valence-corrected chi connectivity index (χ1v) is 25.5. The van der Waals surface area contributed by atoms with Crippen LogP contribution in [-0.2, 0) is 14.6 Å². The number of hydrogen-bond acceptors (Lipinski definition) is 11. The average molecular weight is 962 g/mol. The molecule has 352 valence electrons. The Morgan fingerprint density at radius 2 is 1.12 bits per heavy atom. The molecule has 10 rings (SSSR count). The summed E-state index contributed by atoms with van der Waals surface area (Å²) in [6.07, 6.45) is 12.1. The number of fused-ring (bicyclic) bond motifs is 2. The lowest BCUT2D eigenvalue weighted by Gasteiger charge is -2.19. The van der Waals surface area contributed by atoms with Crippen molar-refractivity contribution in [3.05, 3.63) is 145 Å². The van der Waals surface area contributed by atoms with E-state index in [1.54, 1.807) is 28.9 Å². The van der Waals surface area contributed by atoms with Gasteiger partial charge >= 0.3 is 6.09 Å². The maximum atomic E-state index is 12.4. The minimum absolute atomic E-state index is 0.0357. The number of nitrogens with one attached hydrogen (secondary N) is 3. The van der Waals surface area contributed by atoms with Crippen LogP contribution in [0.25, 0.3) is 56.3 Å². The quantitative estimate of drug-likeness (QED) is 0.0739. The highest BCUT2D eigenvalue weighted by molar-refractivity contribution is 7.99. The first kappa shape index (κ1) is 46.7. The highest BCUT2D eigenvalue weighted by Crippen LogP contribution is 2.31. The lowest BCUT2D eigenvalue weighted by molar-refractivity contribution is 0.0531. The molecule has 4 aromatic carbocycles. The molecular formula is C52H51N9O6S2. The molecule has 2 fully saturated rings. The zero-order chi connectivity index (χ0) is 48.3. The second-order valence-electron chi connectivity index (χ2n) is 18.0. The summed E-state index contributed by atoms with van der Waals surface area (Å²) in [5.74, 6) is 0.487. The van der Waals surface area contributed by atoms with Crippen LogP contribution in [-0.4, -0.2) is 91.3 Å². The number of hydrogen-bond donors (Lipinski definition) is 3. The summed E-state index contributed by atoms with van der Waals surface area (Å²) in [7, 11) is -3.60. The second-order valence-corrected chi connectivity index (χ2v) is 21.0. The molecule has 4 aromatic heterocycles. The number of imidazole rings is 2. The first-order chi connectivity index (χ1) is 33.2. The highest BCUT2D eigenvalue weighted by atomic mass is 32.2. The van der Waals surface area contributed by atoms with Crippen LogP contribution in [0.3, 0.4) is 0 Å². The molecule has 69 heavy (non-hydrogen) atoms. The van der Waals surface area contributed by atoms with Crippen molar-refractivity contribution in [1.29, 1.82) is 0 Å². The topological polar surface area (TPSA) is 191 Å². The van der Waals surface area contributed by atoms with Gasteiger partial charge in [0.2, 0.25) is 0 Å². The van der Waals surface area contributed by atoms with Gasteiger partial charge in [-0.3, -0.25) is 18.4 Å². The molecule has 2 aliphatic rings. The number of carbonyl (C=O) groups excluding carboxylic acids is 3. The monoisotopic (exact) mass is 961 g/mol. The Kier molecular flexibility index (Phi) is 13.3. The Morgan fingerprint density at radius 3 is 1.58 bits per heavy atom. The highest BCUT2D eigenvalue weighted by Gasteiger charge is 2.26. The summed E-state index contributed by atoms with van der Waals surface area (Å²) in [5, 5.41) is 9.49. The van der Waals surface area contributed by atoms with Gasteiger partial charge in [-0.1, -0.05) is 84.9 Å². The zero-order valence-corrected chi connectivity index (χ0v) is 40.2. The van der Waals surface area contributed by atoms with Gasteiger partial charge in [-0.05, 0) is 70.7 Å². The Hall–Kier alpha value is -7.37. The molecule has 0 spiro atoms. The minimum atomic E-state index is -3.60. The van der Waals surface area contributed by atoms with Gasteiger partial charge in [0.1, 0.15) is 10.6 Å². The van der Waals surface area contributed by atoms with Crippen LogP contribution in [0, 0.1) is 0 Å². The van der Waals surface area contributed by atoms with Crippen molar-refractivity contribution in [3.8, 4) is 45.0 Å². The van der Waals surface area contributed by atoms with E-state index >= 15 is 0 Å². The number of benzene rings is 4. The van der Waals surface area contributed by atoms with Crippen LogP contribution < -0.4 is 16.0 Å². The van der Waals surface area contributed by atoms with Crippen LogP contribution in [0.15, 0.2) is 144 Å². The van der Waals surface area contributed by atoms with E-state index in [0.29, 0.717) is 46.9 Å². The van der Waals surface area contributed by atoms with E-state index in [9.17, 15) is 22.8 Å². The predicted octanol–water partition coefficient (Wildman–Crippen LogP) is 8.93. The van der Waals surface area contributed by atoms with Gasteiger partial charge in [0.05, 0.1) is 35.2 Å². The van der Waals surface area contributed by atoms with Crippen molar-refractivity contribution in [1.82, 2.24) is 44.7 Å². The smallest absolute Gasteiger partial charge is 0.407 e. The molecule has 15 nitrogen and oxygen atoms in total. The number of thioether (sulfide) groups is 1. The summed E-state index contributed by atoms with van der Waals surface area (Å²) in [5.41, 5.74) is 8.25. The predicted molar refractivity (Wildman–Crippen MR) is 267 cm³/mol. The van der Waals surface area contributed by atoms with E-state index in [1.165, 1.54) is 11.8 Å². The molecule has 0 radical (unpaired) electrons. The van der Waals surface area contributed by atoms with Gasteiger partial charge in [0.25, 0.3) is 11.8 Å². The molecule has 0 saturated heterocycles. The zero-order valence-electron chi connectivity index (χ0n) is 38.5. The van der Waals surface area contributed by atoms with E-state index in [2.05, 4.69) is 30.9 Å². The summed E-state index contributed by atoms with van der Waals surface area (Å²) in [4.78, 5) is 55.0. The third-order valence-corrected chi connectivity index (χ3v) is 13.1. The fraction of sp³-hybridized carbons (Fsp3) is 0.250. The molecule has 0 unspecified atom stereocenters. The van der Waals surface area contributed by atoms with Crippen LogP contribution in [0.2, 0.25) is 0 Å². The fourth-order valence-corrected chi connectivity index (χ4v) is 8.97. The summed E-state index contributed by atoms with van der Waals surface area (Å²) < 4.78 is 34.0. The number of nitrogens with zero attached hydrogens (tertiary/aromatic N) is 6. The molecule has 2 aliphatic carbocycles. The van der Waals surface area contributed by atoms with E-state index in [4.69, 9.17) is 9.72 Å². The molecule has 2 saturated carbocycles. The van der Waals surface area contributed by atoms with Crippen LogP contribution in [0.1, 0.15) is 67.2 Å². The molecular weight excluding hydrogens is 911 g/mol. The van der Waals surface area contributed by atoms with Crippen molar-refractivity contribution in [2.45, 2.75) is 74.2 Å². The number of alkyl carbamates (subject to hydrolysis) is 1. The van der Waals surface area contributed by atoms with Gasteiger partial charge in [0.15, 0.2) is 26.2 Å². The number of sulfone groups is 1. The number of aromatic nitrogens is 6. The average Bonchev–Trinajstić information content (AvgIpc) is 4.26. The molecule has 0 aliphatic heterocycles. The van der Waals surface area contributed by atoms with Crippen molar-refractivity contribution < 1.29 is 27.5 Å². The largest absolute Gasteiger partial charge is 0.444 e. The Balaban J connectivity index is 0.000000175. The van der Waals surface area contributed by atoms with Crippen molar-refractivity contribution in [3.63, 3.8) is 0 Å². The number of carbonyl (C=O) groups is 3. The lowest BCUT2D eigenvalue weighted by Crippen LogP contribution is -2.33. The van der Waals surface area contributed by atoms with Crippen molar-refractivity contribution in [2.75, 3.05) is 18.6 Å².